The molecule has 2 heterocycles. The molecule has 3 rings (SSSR count). The third-order valence-corrected chi connectivity index (χ3v) is 4.98. The van der Waals surface area contributed by atoms with Gasteiger partial charge in [0, 0.05) is 48.5 Å². The Morgan fingerprint density at radius 2 is 1.91 bits per heavy atom. The first kappa shape index (κ1) is 24.6. The molecule has 0 spiro atoms. The molecule has 0 unspecified atom stereocenters. The molecule has 1 aromatic carbocycles. The fourth-order valence-corrected chi connectivity index (χ4v) is 3.24. The van der Waals surface area contributed by atoms with Gasteiger partial charge in [0.25, 0.3) is 0 Å². The number of anilines is 3. The molecule has 33 heavy (non-hydrogen) atoms. The standard InChI is InChI=1S/C22H25FIN7O2/c1-22(2,3)33-21(32)28-8-4-7-27-19-16(14-10-25-13-26-11-14)12-29-20(31-19)30-15-5-6-17(23)18(24)9-15/h5-6,9-13H,4,7-8H2,1-3H3,(H,28,32)(H2,27,29,30,31). The van der Waals surface area contributed by atoms with Crippen LogP contribution in [0.15, 0.2) is 43.1 Å². The highest BCUT2D eigenvalue weighted by molar-refractivity contribution is 14.1. The third kappa shape index (κ3) is 7.77. The molecule has 174 valence electrons. The summed E-state index contributed by atoms with van der Waals surface area (Å²) in [7, 11) is 0. The molecule has 9 nitrogen and oxygen atoms in total. The molecule has 0 aliphatic rings. The van der Waals surface area contributed by atoms with E-state index in [1.165, 1.54) is 12.4 Å². The van der Waals surface area contributed by atoms with Gasteiger partial charge in [0.05, 0.1) is 3.57 Å². The fourth-order valence-electron chi connectivity index (χ4n) is 2.73. The number of hydrogen-bond donors (Lipinski definition) is 3. The number of benzene rings is 1. The van der Waals surface area contributed by atoms with Gasteiger partial charge < -0.3 is 20.7 Å². The molecular formula is C22H25FIN7O2. The molecule has 11 heteroatoms. The van der Waals surface area contributed by atoms with Gasteiger partial charge in [-0.05, 0) is 68.0 Å². The number of carbonyl (C=O) groups excluding carboxylic acids is 1. The van der Waals surface area contributed by atoms with Crippen LogP contribution in [0.5, 0.6) is 0 Å². The van der Waals surface area contributed by atoms with Gasteiger partial charge in [-0.25, -0.2) is 24.1 Å². The fraction of sp³-hybridized carbons (Fsp3) is 0.318. The SMILES string of the molecule is CC(C)(C)OC(=O)NCCCNc1nc(Nc2ccc(F)c(I)c2)ncc1-c1cncnc1. The van der Waals surface area contributed by atoms with Crippen molar-refractivity contribution in [2.75, 3.05) is 23.7 Å². The van der Waals surface area contributed by atoms with E-state index in [0.717, 1.165) is 11.1 Å². The van der Waals surface area contributed by atoms with Crippen molar-refractivity contribution in [3.05, 3.63) is 52.5 Å². The van der Waals surface area contributed by atoms with Crippen LogP contribution in [0.4, 0.5) is 26.6 Å². The minimum atomic E-state index is -0.540. The van der Waals surface area contributed by atoms with Crippen LogP contribution in [0.1, 0.15) is 27.2 Å². The van der Waals surface area contributed by atoms with E-state index in [9.17, 15) is 9.18 Å². The zero-order valence-corrected chi connectivity index (χ0v) is 20.7. The van der Waals surface area contributed by atoms with E-state index >= 15 is 0 Å². The second kappa shape index (κ2) is 11.2. The van der Waals surface area contributed by atoms with Gasteiger partial charge >= 0.3 is 6.09 Å². The Bertz CT molecular complexity index is 1090. The van der Waals surface area contributed by atoms with Crippen LogP contribution >= 0.6 is 22.6 Å². The summed E-state index contributed by atoms with van der Waals surface area (Å²) in [5.41, 5.74) is 1.62. The maximum absolute atomic E-state index is 13.6. The van der Waals surface area contributed by atoms with Crippen molar-refractivity contribution in [1.82, 2.24) is 25.3 Å². The number of aromatic nitrogens is 4. The lowest BCUT2D eigenvalue weighted by atomic mass is 10.1. The first-order valence-corrected chi connectivity index (χ1v) is 11.3. The Hall–Kier alpha value is -3.09. The van der Waals surface area contributed by atoms with Crippen molar-refractivity contribution < 1.29 is 13.9 Å². The van der Waals surface area contributed by atoms with Crippen molar-refractivity contribution in [2.45, 2.75) is 32.8 Å². The number of nitrogens with zero attached hydrogens (tertiary/aromatic N) is 4. The number of alkyl carbamates (subject to hydrolysis) is 1. The van der Waals surface area contributed by atoms with E-state index in [-0.39, 0.29) is 5.82 Å². The summed E-state index contributed by atoms with van der Waals surface area (Å²) in [5, 5.41) is 9.10. The van der Waals surface area contributed by atoms with Crippen molar-refractivity contribution in [2.24, 2.45) is 0 Å². The van der Waals surface area contributed by atoms with Crippen LogP contribution in [0, 0.1) is 9.39 Å². The second-order valence-electron chi connectivity index (χ2n) is 8.05. The molecule has 0 saturated heterocycles. The topological polar surface area (TPSA) is 114 Å². The lowest BCUT2D eigenvalue weighted by Gasteiger charge is -2.19. The van der Waals surface area contributed by atoms with Gasteiger partial charge in [-0.2, -0.15) is 4.98 Å². The highest BCUT2D eigenvalue weighted by Crippen LogP contribution is 2.27. The lowest BCUT2D eigenvalue weighted by molar-refractivity contribution is 0.0528. The van der Waals surface area contributed by atoms with Gasteiger partial charge in [-0.15, -0.1) is 0 Å². The van der Waals surface area contributed by atoms with E-state index < -0.39 is 11.7 Å². The molecule has 0 fully saturated rings. The average molecular weight is 565 g/mol. The molecule has 3 aromatic rings. The smallest absolute Gasteiger partial charge is 0.407 e. The second-order valence-corrected chi connectivity index (χ2v) is 9.21. The van der Waals surface area contributed by atoms with Crippen LogP contribution in [0.25, 0.3) is 11.1 Å². The summed E-state index contributed by atoms with van der Waals surface area (Å²) < 4.78 is 19.3. The van der Waals surface area contributed by atoms with Gasteiger partial charge in [0.1, 0.15) is 23.6 Å². The number of hydrogen-bond acceptors (Lipinski definition) is 8. The van der Waals surface area contributed by atoms with E-state index in [4.69, 9.17) is 4.74 Å². The summed E-state index contributed by atoms with van der Waals surface area (Å²) in [6, 6.07) is 4.68. The Morgan fingerprint density at radius 1 is 1.15 bits per heavy atom. The van der Waals surface area contributed by atoms with Crippen molar-refractivity contribution in [3.8, 4) is 11.1 Å². The van der Waals surface area contributed by atoms with Gasteiger partial charge in [-0.1, -0.05) is 0 Å². The summed E-state index contributed by atoms with van der Waals surface area (Å²) >= 11 is 1.93. The summed E-state index contributed by atoms with van der Waals surface area (Å²) in [4.78, 5) is 28.9. The third-order valence-electron chi connectivity index (χ3n) is 4.15. The van der Waals surface area contributed by atoms with Gasteiger partial charge in [0.15, 0.2) is 0 Å². The number of ether oxygens (including phenoxy) is 1. The van der Waals surface area contributed by atoms with Crippen molar-refractivity contribution >= 4 is 46.1 Å². The van der Waals surface area contributed by atoms with Crippen LogP contribution in [0.2, 0.25) is 0 Å². The quantitative estimate of drug-likeness (QED) is 0.265. The van der Waals surface area contributed by atoms with Crippen molar-refractivity contribution in [1.29, 1.82) is 0 Å². The van der Waals surface area contributed by atoms with Crippen LogP contribution in [-0.4, -0.2) is 44.7 Å². The molecule has 0 atom stereocenters. The van der Waals surface area contributed by atoms with Crippen molar-refractivity contribution in [3.63, 3.8) is 0 Å². The first-order chi connectivity index (χ1) is 15.7. The Balaban J connectivity index is 1.68. The molecule has 0 bridgehead atoms. The van der Waals surface area contributed by atoms with E-state index in [1.54, 1.807) is 30.7 Å². The average Bonchev–Trinajstić information content (AvgIpc) is 2.76. The summed E-state index contributed by atoms with van der Waals surface area (Å²) in [6.45, 7) is 6.43. The number of nitrogens with one attached hydrogen (secondary N) is 3. The molecule has 0 aliphatic heterocycles. The highest BCUT2D eigenvalue weighted by atomic mass is 127. The number of rotatable bonds is 8. The summed E-state index contributed by atoms with van der Waals surface area (Å²) in [5.74, 6) is 0.646. The van der Waals surface area contributed by atoms with Gasteiger partial charge in [-0.3, -0.25) is 0 Å². The largest absolute Gasteiger partial charge is 0.444 e. The maximum atomic E-state index is 13.6. The molecule has 1 amide bonds. The Morgan fingerprint density at radius 3 is 2.61 bits per heavy atom. The van der Waals surface area contributed by atoms with Crippen LogP contribution in [0.3, 0.4) is 0 Å². The molecule has 0 radical (unpaired) electrons. The van der Waals surface area contributed by atoms with E-state index in [1.807, 2.05) is 43.4 Å². The minimum Gasteiger partial charge on any atom is -0.444 e. The predicted molar refractivity (Wildman–Crippen MR) is 133 cm³/mol. The molecule has 2 aromatic heterocycles. The molecule has 0 aliphatic carbocycles. The number of carbonyl (C=O) groups is 1. The molecular weight excluding hydrogens is 540 g/mol. The molecule has 3 N–H and O–H groups in total. The number of halogens is 2. The van der Waals surface area contributed by atoms with E-state index in [2.05, 4.69) is 35.9 Å². The van der Waals surface area contributed by atoms with Crippen LogP contribution < -0.4 is 16.0 Å². The lowest BCUT2D eigenvalue weighted by Crippen LogP contribution is -2.33. The summed E-state index contributed by atoms with van der Waals surface area (Å²) in [6.07, 6.45) is 6.67. The van der Waals surface area contributed by atoms with Crippen LogP contribution in [-0.2, 0) is 4.74 Å². The Labute approximate surface area is 205 Å². The predicted octanol–water partition coefficient (Wildman–Crippen LogP) is 4.75. The zero-order chi connectivity index (χ0) is 23.8. The van der Waals surface area contributed by atoms with Gasteiger partial charge in [0.2, 0.25) is 5.95 Å². The maximum Gasteiger partial charge on any atom is 0.407 e. The Kier molecular flexibility index (Phi) is 8.31. The highest BCUT2D eigenvalue weighted by Gasteiger charge is 2.15. The minimum absolute atomic E-state index is 0.288. The molecule has 0 saturated carbocycles. The van der Waals surface area contributed by atoms with E-state index in [0.29, 0.717) is 40.5 Å². The normalized spacial score (nSPS) is 11.1. The zero-order valence-electron chi connectivity index (χ0n) is 18.5. The number of amides is 1. The first-order valence-electron chi connectivity index (χ1n) is 10.3. The monoisotopic (exact) mass is 565 g/mol.